The number of nitrogens with zero attached hydrogens (tertiary/aromatic N) is 4. The lowest BCUT2D eigenvalue weighted by Crippen LogP contribution is -2.29. The van der Waals surface area contributed by atoms with Crippen molar-refractivity contribution >= 4 is 23.2 Å². The van der Waals surface area contributed by atoms with Crippen molar-refractivity contribution in [3.05, 3.63) is 93.9 Å². The summed E-state index contributed by atoms with van der Waals surface area (Å²) in [6.45, 7) is 1.98. The summed E-state index contributed by atoms with van der Waals surface area (Å²) in [4.78, 5) is 29.4. The van der Waals surface area contributed by atoms with Crippen LogP contribution in [-0.2, 0) is 0 Å². The van der Waals surface area contributed by atoms with Gasteiger partial charge in [0.1, 0.15) is 11.5 Å². The monoisotopic (exact) mass is 370 g/mol. The highest BCUT2D eigenvalue weighted by Crippen LogP contribution is 2.33. The molecule has 0 unspecified atom stereocenters. The van der Waals surface area contributed by atoms with E-state index in [-0.39, 0.29) is 5.56 Å². The van der Waals surface area contributed by atoms with Crippen molar-refractivity contribution in [2.75, 3.05) is 4.90 Å². The molecule has 1 aliphatic rings. The van der Waals surface area contributed by atoms with Crippen molar-refractivity contribution < 1.29 is 14.3 Å². The number of rotatable bonds is 4. The third-order valence-electron chi connectivity index (χ3n) is 4.36. The predicted octanol–water partition coefficient (Wildman–Crippen LogP) is 5.53. The molecular formula is C21H14N4O3. The molecule has 1 aliphatic heterocycles. The van der Waals surface area contributed by atoms with E-state index in [0.717, 1.165) is 10.5 Å². The van der Waals surface area contributed by atoms with Gasteiger partial charge in [0, 0.05) is 10.6 Å². The number of hydrogen-bond donors (Lipinski definition) is 0. The summed E-state index contributed by atoms with van der Waals surface area (Å²) in [7, 11) is 0. The smallest absolute Gasteiger partial charge is 0.266 e. The minimum Gasteiger partial charge on any atom is -0.457 e. The zero-order valence-electron chi connectivity index (χ0n) is 14.9. The molecule has 7 nitrogen and oxygen atoms in total. The van der Waals surface area contributed by atoms with Gasteiger partial charge in [0.2, 0.25) is 0 Å². The van der Waals surface area contributed by atoms with Gasteiger partial charge in [0.25, 0.3) is 11.8 Å². The molecule has 0 saturated heterocycles. The quantitative estimate of drug-likeness (QED) is 0.261. The van der Waals surface area contributed by atoms with E-state index in [1.54, 1.807) is 36.4 Å². The number of hydrogen-bond acceptors (Lipinski definition) is 4. The fourth-order valence-electron chi connectivity index (χ4n) is 3.01. The second kappa shape index (κ2) is 6.90. The zero-order valence-corrected chi connectivity index (χ0v) is 14.9. The maximum Gasteiger partial charge on any atom is 0.266 e. The van der Waals surface area contributed by atoms with Crippen LogP contribution in [-0.4, -0.2) is 11.8 Å². The molecule has 3 aromatic carbocycles. The van der Waals surface area contributed by atoms with E-state index in [2.05, 4.69) is 10.0 Å². The van der Waals surface area contributed by atoms with Crippen molar-refractivity contribution in [2.45, 2.75) is 6.92 Å². The lowest BCUT2D eigenvalue weighted by Gasteiger charge is -2.14. The van der Waals surface area contributed by atoms with Crippen molar-refractivity contribution in [1.82, 2.24) is 0 Å². The number of anilines is 1. The van der Waals surface area contributed by atoms with E-state index in [9.17, 15) is 9.59 Å². The number of amides is 2. The fourth-order valence-corrected chi connectivity index (χ4v) is 3.01. The molecule has 0 spiro atoms. The van der Waals surface area contributed by atoms with Crippen LogP contribution in [0.15, 0.2) is 71.8 Å². The Kier molecular flexibility index (Phi) is 4.27. The van der Waals surface area contributed by atoms with Crippen LogP contribution in [0.1, 0.15) is 26.3 Å². The standard InChI is InChI=1S/C21H14N4O3/c1-13-5-7-16(8-6-13)28-17-9-10-18-19(12-17)21(27)25(20(18)26)15-4-2-3-14(11-15)23-24-22/h2-12H,1H3. The third-order valence-corrected chi connectivity index (χ3v) is 4.36. The van der Waals surface area contributed by atoms with E-state index >= 15 is 0 Å². The molecule has 0 radical (unpaired) electrons. The van der Waals surface area contributed by atoms with E-state index < -0.39 is 11.8 Å². The van der Waals surface area contributed by atoms with Crippen LogP contribution >= 0.6 is 0 Å². The molecule has 0 fully saturated rings. The number of carbonyl (C=O) groups excluding carboxylic acids is 2. The van der Waals surface area contributed by atoms with E-state index in [1.165, 1.54) is 6.07 Å². The molecule has 28 heavy (non-hydrogen) atoms. The first-order chi connectivity index (χ1) is 13.6. The molecular weight excluding hydrogens is 356 g/mol. The second-order valence-corrected chi connectivity index (χ2v) is 6.28. The van der Waals surface area contributed by atoms with Crippen LogP contribution in [0.25, 0.3) is 10.4 Å². The van der Waals surface area contributed by atoms with Gasteiger partial charge in [0.05, 0.1) is 16.8 Å². The molecule has 0 saturated carbocycles. The number of ether oxygens (including phenoxy) is 1. The van der Waals surface area contributed by atoms with E-state index in [0.29, 0.717) is 28.4 Å². The Morgan fingerprint density at radius 1 is 0.893 bits per heavy atom. The Morgan fingerprint density at radius 2 is 1.61 bits per heavy atom. The van der Waals surface area contributed by atoms with Gasteiger partial charge < -0.3 is 4.74 Å². The molecule has 0 N–H and O–H groups in total. The van der Waals surface area contributed by atoms with Gasteiger partial charge in [-0.05, 0) is 54.9 Å². The highest BCUT2D eigenvalue weighted by Gasteiger charge is 2.37. The van der Waals surface area contributed by atoms with Gasteiger partial charge in [-0.15, -0.1) is 0 Å². The number of aryl methyl sites for hydroxylation is 1. The minimum absolute atomic E-state index is 0.267. The summed E-state index contributed by atoms with van der Waals surface area (Å²) >= 11 is 0. The van der Waals surface area contributed by atoms with Gasteiger partial charge in [-0.25, -0.2) is 4.90 Å². The SMILES string of the molecule is Cc1ccc(Oc2ccc3c(c2)C(=O)N(c2cccc(N=[N+]=[N-])c2)C3=O)cc1. The van der Waals surface area contributed by atoms with Gasteiger partial charge in [0.15, 0.2) is 0 Å². The first kappa shape index (κ1) is 17.3. The Labute approximate surface area is 160 Å². The fraction of sp³-hybridized carbons (Fsp3) is 0.0476. The van der Waals surface area contributed by atoms with Crippen molar-refractivity contribution in [3.63, 3.8) is 0 Å². The van der Waals surface area contributed by atoms with Crippen LogP contribution in [0.4, 0.5) is 11.4 Å². The van der Waals surface area contributed by atoms with E-state index in [1.807, 2.05) is 31.2 Å². The van der Waals surface area contributed by atoms with Gasteiger partial charge in [-0.1, -0.05) is 34.9 Å². The number of carbonyl (C=O) groups is 2. The van der Waals surface area contributed by atoms with E-state index in [4.69, 9.17) is 10.3 Å². The molecule has 1 heterocycles. The topological polar surface area (TPSA) is 95.4 Å². The van der Waals surface area contributed by atoms with Crippen molar-refractivity contribution in [2.24, 2.45) is 5.11 Å². The van der Waals surface area contributed by atoms with Crippen LogP contribution < -0.4 is 9.64 Å². The Bertz CT molecular complexity index is 1150. The average Bonchev–Trinajstić information content (AvgIpc) is 2.94. The lowest BCUT2D eigenvalue weighted by atomic mass is 10.1. The average molecular weight is 370 g/mol. The van der Waals surface area contributed by atoms with Gasteiger partial charge in [-0.2, -0.15) is 0 Å². The highest BCUT2D eigenvalue weighted by atomic mass is 16.5. The van der Waals surface area contributed by atoms with Gasteiger partial charge >= 0.3 is 0 Å². The van der Waals surface area contributed by atoms with Crippen LogP contribution in [0, 0.1) is 6.92 Å². The third kappa shape index (κ3) is 3.06. The molecule has 0 bridgehead atoms. The molecule has 0 atom stereocenters. The zero-order chi connectivity index (χ0) is 19.7. The first-order valence-electron chi connectivity index (χ1n) is 8.49. The van der Waals surface area contributed by atoms with Gasteiger partial charge in [-0.3, -0.25) is 9.59 Å². The summed E-state index contributed by atoms with van der Waals surface area (Å²) in [5.74, 6) is 0.224. The number of imide groups is 1. The highest BCUT2D eigenvalue weighted by molar-refractivity contribution is 6.34. The lowest BCUT2D eigenvalue weighted by molar-refractivity contribution is 0.0926. The molecule has 0 aliphatic carbocycles. The maximum atomic E-state index is 12.9. The Balaban J connectivity index is 1.66. The van der Waals surface area contributed by atoms with Crippen molar-refractivity contribution in [1.29, 1.82) is 0 Å². The number of benzene rings is 3. The maximum absolute atomic E-state index is 12.9. The molecule has 0 aromatic heterocycles. The molecule has 4 rings (SSSR count). The Hall–Kier alpha value is -4.09. The summed E-state index contributed by atoms with van der Waals surface area (Å²) in [6.07, 6.45) is 0. The number of fused-ring (bicyclic) bond motifs is 1. The normalized spacial score (nSPS) is 12.5. The van der Waals surface area contributed by atoms with Crippen LogP contribution in [0.3, 0.4) is 0 Å². The molecule has 2 amide bonds. The summed E-state index contributed by atoms with van der Waals surface area (Å²) in [6, 6.07) is 18.6. The minimum atomic E-state index is -0.451. The molecule has 136 valence electrons. The molecule has 3 aromatic rings. The van der Waals surface area contributed by atoms with Crippen LogP contribution in [0.5, 0.6) is 11.5 Å². The van der Waals surface area contributed by atoms with Crippen molar-refractivity contribution in [3.8, 4) is 11.5 Å². The first-order valence-corrected chi connectivity index (χ1v) is 8.49. The number of azide groups is 1. The second-order valence-electron chi connectivity index (χ2n) is 6.28. The largest absolute Gasteiger partial charge is 0.457 e. The summed E-state index contributed by atoms with van der Waals surface area (Å²) < 4.78 is 5.80. The summed E-state index contributed by atoms with van der Waals surface area (Å²) in [5, 5.41) is 3.52. The Morgan fingerprint density at radius 3 is 2.36 bits per heavy atom. The molecule has 7 heteroatoms. The summed E-state index contributed by atoms with van der Waals surface area (Å²) in [5.41, 5.74) is 10.9. The predicted molar refractivity (Wildman–Crippen MR) is 104 cm³/mol. The van der Waals surface area contributed by atoms with Crippen LogP contribution in [0.2, 0.25) is 0 Å².